The molecule has 2 rings (SSSR count). The molecule has 0 atom stereocenters. The average molecular weight is 274 g/mol. The molecule has 1 heterocycles. The molecule has 0 saturated heterocycles. The fraction of sp³-hybridized carbons (Fsp3) is 0.333. The molecule has 5 nitrogen and oxygen atoms in total. The minimum absolute atomic E-state index is 0.507. The van der Waals surface area contributed by atoms with Gasteiger partial charge in [0.1, 0.15) is 24.4 Å². The molecule has 0 aliphatic heterocycles. The highest BCUT2D eigenvalue weighted by Crippen LogP contribution is 2.23. The number of aromatic nitrogens is 1. The average Bonchev–Trinajstić information content (AvgIpc) is 2.85. The lowest BCUT2D eigenvalue weighted by Crippen LogP contribution is -2.12. The second-order valence-corrected chi connectivity index (χ2v) is 4.62. The van der Waals surface area contributed by atoms with Crippen molar-refractivity contribution >= 4 is 12.1 Å². The SMILES string of the molecule is Cc1cc(NCCOc2ccc(C=O)c(C)c2C)no1. The van der Waals surface area contributed by atoms with E-state index in [0.29, 0.717) is 24.5 Å². The van der Waals surface area contributed by atoms with Gasteiger partial charge in [-0.2, -0.15) is 0 Å². The first kappa shape index (κ1) is 14.1. The van der Waals surface area contributed by atoms with Crippen LogP contribution in [0.4, 0.5) is 5.82 Å². The molecule has 1 N–H and O–H groups in total. The number of aldehydes is 1. The lowest BCUT2D eigenvalue weighted by molar-refractivity contribution is 0.112. The fourth-order valence-electron chi connectivity index (χ4n) is 1.89. The zero-order valence-corrected chi connectivity index (χ0v) is 11.9. The third kappa shape index (κ3) is 3.17. The zero-order chi connectivity index (χ0) is 14.5. The van der Waals surface area contributed by atoms with Gasteiger partial charge >= 0.3 is 0 Å². The summed E-state index contributed by atoms with van der Waals surface area (Å²) >= 11 is 0. The lowest BCUT2D eigenvalue weighted by atomic mass is 10.0. The van der Waals surface area contributed by atoms with Crippen molar-refractivity contribution in [2.75, 3.05) is 18.5 Å². The van der Waals surface area contributed by atoms with Gasteiger partial charge in [0.2, 0.25) is 0 Å². The predicted octanol–water partition coefficient (Wildman–Crippen LogP) is 2.90. The van der Waals surface area contributed by atoms with Crippen LogP contribution < -0.4 is 10.1 Å². The molecule has 0 aliphatic carbocycles. The van der Waals surface area contributed by atoms with Gasteiger partial charge in [-0.3, -0.25) is 4.79 Å². The summed E-state index contributed by atoms with van der Waals surface area (Å²) in [5, 5.41) is 6.94. The topological polar surface area (TPSA) is 64.4 Å². The molecular weight excluding hydrogens is 256 g/mol. The molecule has 1 aromatic carbocycles. The molecule has 5 heteroatoms. The number of benzene rings is 1. The van der Waals surface area contributed by atoms with Crippen LogP contribution in [0.15, 0.2) is 22.7 Å². The van der Waals surface area contributed by atoms with Gasteiger partial charge in [0.05, 0.1) is 6.54 Å². The number of aryl methyl sites for hydroxylation is 1. The Morgan fingerprint density at radius 3 is 2.75 bits per heavy atom. The minimum atomic E-state index is 0.507. The van der Waals surface area contributed by atoms with Gasteiger partial charge in [0, 0.05) is 11.6 Å². The number of nitrogens with zero attached hydrogens (tertiary/aromatic N) is 1. The summed E-state index contributed by atoms with van der Waals surface area (Å²) in [6.45, 7) is 6.84. The van der Waals surface area contributed by atoms with Crippen molar-refractivity contribution in [3.63, 3.8) is 0 Å². The van der Waals surface area contributed by atoms with Crippen molar-refractivity contribution in [2.24, 2.45) is 0 Å². The van der Waals surface area contributed by atoms with E-state index in [0.717, 1.165) is 28.9 Å². The molecule has 1 aromatic heterocycles. The Bertz CT molecular complexity index is 605. The van der Waals surface area contributed by atoms with Crippen LogP contribution in [0.1, 0.15) is 27.2 Å². The Kier molecular flexibility index (Phi) is 4.40. The highest BCUT2D eigenvalue weighted by atomic mass is 16.5. The van der Waals surface area contributed by atoms with Gasteiger partial charge < -0.3 is 14.6 Å². The minimum Gasteiger partial charge on any atom is -0.491 e. The van der Waals surface area contributed by atoms with Crippen LogP contribution in [0.3, 0.4) is 0 Å². The van der Waals surface area contributed by atoms with Crippen molar-refractivity contribution in [1.29, 1.82) is 0 Å². The molecule has 0 fully saturated rings. The molecule has 0 unspecified atom stereocenters. The smallest absolute Gasteiger partial charge is 0.169 e. The van der Waals surface area contributed by atoms with Gasteiger partial charge in [-0.1, -0.05) is 5.16 Å². The van der Waals surface area contributed by atoms with E-state index in [-0.39, 0.29) is 0 Å². The summed E-state index contributed by atoms with van der Waals surface area (Å²) in [4.78, 5) is 10.8. The number of carbonyl (C=O) groups excluding carboxylic acids is 1. The van der Waals surface area contributed by atoms with Crippen molar-refractivity contribution in [1.82, 2.24) is 5.16 Å². The highest BCUT2D eigenvalue weighted by molar-refractivity contribution is 5.78. The summed E-state index contributed by atoms with van der Waals surface area (Å²) < 4.78 is 10.7. The van der Waals surface area contributed by atoms with E-state index in [1.54, 1.807) is 6.07 Å². The first-order chi connectivity index (χ1) is 9.61. The van der Waals surface area contributed by atoms with Gasteiger partial charge in [-0.25, -0.2) is 0 Å². The van der Waals surface area contributed by atoms with E-state index in [1.807, 2.05) is 32.9 Å². The Hall–Kier alpha value is -2.30. The number of carbonyl (C=O) groups is 1. The van der Waals surface area contributed by atoms with Crippen LogP contribution >= 0.6 is 0 Å². The number of nitrogens with one attached hydrogen (secondary N) is 1. The lowest BCUT2D eigenvalue weighted by Gasteiger charge is -2.12. The van der Waals surface area contributed by atoms with Crippen LogP contribution in [0.5, 0.6) is 5.75 Å². The van der Waals surface area contributed by atoms with Gasteiger partial charge in [0.15, 0.2) is 5.82 Å². The third-order valence-corrected chi connectivity index (χ3v) is 3.20. The maximum atomic E-state index is 10.8. The number of ether oxygens (including phenoxy) is 1. The quantitative estimate of drug-likeness (QED) is 0.648. The molecule has 0 spiro atoms. The first-order valence-corrected chi connectivity index (χ1v) is 6.47. The molecule has 0 bridgehead atoms. The van der Waals surface area contributed by atoms with Crippen LogP contribution in [0.2, 0.25) is 0 Å². The molecule has 20 heavy (non-hydrogen) atoms. The van der Waals surface area contributed by atoms with Crippen LogP contribution in [0, 0.1) is 20.8 Å². The van der Waals surface area contributed by atoms with E-state index in [4.69, 9.17) is 9.26 Å². The summed E-state index contributed by atoms with van der Waals surface area (Å²) in [5.74, 6) is 2.27. The molecule has 0 amide bonds. The van der Waals surface area contributed by atoms with Crippen molar-refractivity contribution < 1.29 is 14.1 Å². The molecule has 0 aliphatic rings. The van der Waals surface area contributed by atoms with Gasteiger partial charge in [-0.15, -0.1) is 0 Å². The second-order valence-electron chi connectivity index (χ2n) is 4.62. The molecule has 106 valence electrons. The Labute approximate surface area is 117 Å². The number of hydrogen-bond acceptors (Lipinski definition) is 5. The first-order valence-electron chi connectivity index (χ1n) is 6.47. The normalized spacial score (nSPS) is 10.3. The van der Waals surface area contributed by atoms with Gasteiger partial charge in [0.25, 0.3) is 0 Å². The van der Waals surface area contributed by atoms with Crippen LogP contribution in [0.25, 0.3) is 0 Å². The van der Waals surface area contributed by atoms with Gasteiger partial charge in [-0.05, 0) is 44.0 Å². The summed E-state index contributed by atoms with van der Waals surface area (Å²) in [7, 11) is 0. The fourth-order valence-corrected chi connectivity index (χ4v) is 1.89. The number of hydrogen-bond donors (Lipinski definition) is 1. The Morgan fingerprint density at radius 2 is 2.10 bits per heavy atom. The number of rotatable bonds is 6. The second kappa shape index (κ2) is 6.23. The molecule has 0 radical (unpaired) electrons. The third-order valence-electron chi connectivity index (χ3n) is 3.20. The molecule has 2 aromatic rings. The largest absolute Gasteiger partial charge is 0.491 e. The van der Waals surface area contributed by atoms with E-state index in [9.17, 15) is 4.79 Å². The predicted molar refractivity (Wildman–Crippen MR) is 76.5 cm³/mol. The maximum absolute atomic E-state index is 10.8. The molecular formula is C15H18N2O3. The standard InChI is InChI=1S/C15H18N2O3/c1-10-8-15(17-20-10)16-6-7-19-14-5-4-13(9-18)11(2)12(14)3/h4-5,8-9H,6-7H2,1-3H3,(H,16,17). The van der Waals surface area contributed by atoms with Crippen LogP contribution in [-0.2, 0) is 0 Å². The van der Waals surface area contributed by atoms with E-state index in [1.165, 1.54) is 0 Å². The Morgan fingerprint density at radius 1 is 1.30 bits per heavy atom. The molecule has 0 saturated carbocycles. The van der Waals surface area contributed by atoms with E-state index < -0.39 is 0 Å². The van der Waals surface area contributed by atoms with Crippen molar-refractivity contribution in [3.8, 4) is 5.75 Å². The summed E-state index contributed by atoms with van der Waals surface area (Å²) in [6, 6.07) is 5.43. The maximum Gasteiger partial charge on any atom is 0.169 e. The zero-order valence-electron chi connectivity index (χ0n) is 11.9. The van der Waals surface area contributed by atoms with Crippen molar-refractivity contribution in [3.05, 3.63) is 40.6 Å². The van der Waals surface area contributed by atoms with E-state index >= 15 is 0 Å². The summed E-state index contributed by atoms with van der Waals surface area (Å²) in [5.41, 5.74) is 2.65. The highest BCUT2D eigenvalue weighted by Gasteiger charge is 2.06. The monoisotopic (exact) mass is 274 g/mol. The van der Waals surface area contributed by atoms with Crippen LogP contribution in [-0.4, -0.2) is 24.6 Å². The summed E-state index contributed by atoms with van der Waals surface area (Å²) in [6.07, 6.45) is 0.862. The Balaban J connectivity index is 1.88. The number of anilines is 1. The van der Waals surface area contributed by atoms with Crippen molar-refractivity contribution in [2.45, 2.75) is 20.8 Å². The van der Waals surface area contributed by atoms with E-state index in [2.05, 4.69) is 10.5 Å².